The lowest BCUT2D eigenvalue weighted by atomic mass is 9.26. The fourth-order valence-electron chi connectivity index (χ4n) is 3.40. The molecule has 1 aromatic carbocycles. The van der Waals surface area contributed by atoms with Crippen molar-refractivity contribution in [2.24, 2.45) is 5.41 Å². The number of halogens is 5. The van der Waals surface area contributed by atoms with Crippen LogP contribution in [0.2, 0.25) is 12.6 Å². The minimum Gasteiger partial charge on any atom is -0.467 e. The number of carbonyl (C=O) groups excluding carboxylic acids is 2. The van der Waals surface area contributed by atoms with E-state index in [9.17, 15) is 29.0 Å². The SMILES string of the molecule is CC.CCC1(C(NC(=O)c2ccc(S(F)(F)(F)(F)F)cc2)C(=O)OC)CB(C#N)C1. The second-order valence-corrected chi connectivity index (χ2v) is 9.28. The van der Waals surface area contributed by atoms with Gasteiger partial charge in [-0.15, -0.1) is 0 Å². The predicted molar refractivity (Wildman–Crippen MR) is 106 cm³/mol. The smallest absolute Gasteiger partial charge is 0.328 e. The Hall–Kier alpha value is -2.29. The standard InChI is InChI=1S/C16H18BF5N2O3S.C2H6/c1-3-16(8-17(9-16)10-23)13(15(26)27-2)24-14(25)11-4-6-12(7-5-11)28(18,19,20,21)22;1-2/h4-7,13H,3,8-9H2,1-2H3,(H,24,25);1-2H3. The minimum absolute atomic E-state index is 0.133. The van der Waals surface area contributed by atoms with Gasteiger partial charge in [0.2, 0.25) is 0 Å². The summed E-state index contributed by atoms with van der Waals surface area (Å²) in [5, 5.41) is 11.4. The molecular formula is C18H24BF5N2O3S. The molecule has 1 fully saturated rings. The first-order chi connectivity index (χ1) is 13.7. The van der Waals surface area contributed by atoms with Crippen LogP contribution >= 0.6 is 10.2 Å². The van der Waals surface area contributed by atoms with Gasteiger partial charge in [0.25, 0.3) is 12.6 Å². The zero-order valence-electron chi connectivity index (χ0n) is 17.1. The van der Waals surface area contributed by atoms with Crippen LogP contribution in [0.25, 0.3) is 0 Å². The maximum atomic E-state index is 12.8. The lowest BCUT2D eigenvalue weighted by Crippen LogP contribution is -2.59. The van der Waals surface area contributed by atoms with E-state index in [1.807, 2.05) is 13.8 Å². The molecule has 0 aliphatic carbocycles. The number of nitrogens with zero attached hydrogens (tertiary/aromatic N) is 1. The van der Waals surface area contributed by atoms with Crippen molar-refractivity contribution in [2.45, 2.75) is 50.8 Å². The Morgan fingerprint density at radius 3 is 2.07 bits per heavy atom. The van der Waals surface area contributed by atoms with Crippen LogP contribution in [0.15, 0.2) is 29.2 Å². The molecule has 0 radical (unpaired) electrons. The first-order valence-electron chi connectivity index (χ1n) is 9.28. The number of rotatable bonds is 6. The van der Waals surface area contributed by atoms with E-state index in [0.717, 1.165) is 7.11 Å². The van der Waals surface area contributed by atoms with Gasteiger partial charge in [0.15, 0.2) is 0 Å². The normalized spacial score (nSPS) is 18.2. The quantitative estimate of drug-likeness (QED) is 0.344. The third-order valence-corrected chi connectivity index (χ3v) is 6.24. The number of methoxy groups -OCH3 is 1. The predicted octanol–water partition coefficient (Wildman–Crippen LogP) is 5.61. The molecule has 0 saturated carbocycles. The number of hydrogen-bond acceptors (Lipinski definition) is 4. The largest absolute Gasteiger partial charge is 0.467 e. The van der Waals surface area contributed by atoms with Crippen molar-refractivity contribution in [3.05, 3.63) is 29.8 Å². The highest BCUT2D eigenvalue weighted by molar-refractivity contribution is 8.45. The van der Waals surface area contributed by atoms with Gasteiger partial charge in [0, 0.05) is 11.5 Å². The van der Waals surface area contributed by atoms with Crippen LogP contribution in [0, 0.1) is 16.6 Å². The number of esters is 1. The summed E-state index contributed by atoms with van der Waals surface area (Å²) in [5.41, 5.74) is -1.03. The fraction of sp³-hybridized carbons (Fsp3) is 0.500. The summed E-state index contributed by atoms with van der Waals surface area (Å²) < 4.78 is 68.6. The lowest BCUT2D eigenvalue weighted by molar-refractivity contribution is -0.146. The molecule has 1 unspecified atom stereocenters. The van der Waals surface area contributed by atoms with Gasteiger partial charge in [0.1, 0.15) is 10.9 Å². The Balaban J connectivity index is 0.00000218. The number of ether oxygens (including phenoxy) is 1. The van der Waals surface area contributed by atoms with E-state index >= 15 is 0 Å². The maximum absolute atomic E-state index is 12.8. The molecule has 1 amide bonds. The average Bonchev–Trinajstić information content (AvgIpc) is 2.66. The highest BCUT2D eigenvalue weighted by Gasteiger charge is 2.65. The number of nitriles is 1. The van der Waals surface area contributed by atoms with Crippen LogP contribution in [-0.4, -0.2) is 31.7 Å². The van der Waals surface area contributed by atoms with E-state index < -0.39 is 38.5 Å². The number of nitrogens with one attached hydrogen (secondary N) is 1. The second-order valence-electron chi connectivity index (χ2n) is 6.87. The molecule has 168 valence electrons. The molecule has 12 heteroatoms. The Kier molecular flexibility index (Phi) is 6.95. The highest BCUT2D eigenvalue weighted by Crippen LogP contribution is 3.02. The van der Waals surface area contributed by atoms with Crippen LogP contribution in [-0.2, 0) is 9.53 Å². The molecule has 1 saturated heterocycles. The van der Waals surface area contributed by atoms with E-state index in [2.05, 4.69) is 11.3 Å². The summed E-state index contributed by atoms with van der Waals surface area (Å²) in [5.74, 6) is 0.416. The van der Waals surface area contributed by atoms with Gasteiger partial charge < -0.3 is 10.1 Å². The van der Waals surface area contributed by atoms with Crippen molar-refractivity contribution < 1.29 is 33.8 Å². The molecule has 0 spiro atoms. The zero-order chi connectivity index (χ0) is 23.4. The van der Waals surface area contributed by atoms with Crippen molar-refractivity contribution >= 4 is 28.8 Å². The van der Waals surface area contributed by atoms with Crippen molar-refractivity contribution in [3.8, 4) is 5.97 Å². The van der Waals surface area contributed by atoms with Crippen LogP contribution < -0.4 is 5.32 Å². The average molecular weight is 454 g/mol. The molecule has 1 N–H and O–H groups in total. The van der Waals surface area contributed by atoms with E-state index in [0.29, 0.717) is 31.2 Å². The van der Waals surface area contributed by atoms with Crippen molar-refractivity contribution in [3.63, 3.8) is 0 Å². The van der Waals surface area contributed by atoms with Crippen molar-refractivity contribution in [2.75, 3.05) is 7.11 Å². The Morgan fingerprint density at radius 2 is 1.70 bits per heavy atom. The number of benzene rings is 1. The van der Waals surface area contributed by atoms with Crippen LogP contribution in [0.5, 0.6) is 0 Å². The second kappa shape index (κ2) is 8.09. The molecule has 2 rings (SSSR count). The van der Waals surface area contributed by atoms with Crippen LogP contribution in [0.1, 0.15) is 37.6 Å². The summed E-state index contributed by atoms with van der Waals surface area (Å²) in [6.45, 7) is 5.50. The maximum Gasteiger partial charge on any atom is 0.328 e. The van der Waals surface area contributed by atoms with Gasteiger partial charge in [0.05, 0.1) is 7.11 Å². The fourth-order valence-corrected chi connectivity index (χ4v) is 4.05. The molecule has 0 aromatic heterocycles. The summed E-state index contributed by atoms with van der Waals surface area (Å²) in [6.07, 6.45) is 1.15. The van der Waals surface area contributed by atoms with Crippen molar-refractivity contribution in [1.82, 2.24) is 5.32 Å². The molecule has 1 aliphatic rings. The van der Waals surface area contributed by atoms with E-state index in [-0.39, 0.29) is 24.4 Å². The van der Waals surface area contributed by atoms with Gasteiger partial charge in [-0.1, -0.05) is 52.8 Å². The third-order valence-electron chi connectivity index (χ3n) is 5.08. The lowest BCUT2D eigenvalue weighted by Gasteiger charge is -2.47. The van der Waals surface area contributed by atoms with Gasteiger partial charge in [-0.3, -0.25) is 4.79 Å². The minimum atomic E-state index is -9.84. The van der Waals surface area contributed by atoms with Gasteiger partial charge in [-0.25, -0.2) is 10.1 Å². The molecule has 1 aliphatic heterocycles. The summed E-state index contributed by atoms with van der Waals surface area (Å²) in [4.78, 5) is 22.5. The Labute approximate surface area is 172 Å². The zero-order valence-corrected chi connectivity index (χ0v) is 17.9. The third kappa shape index (κ3) is 5.65. The number of amides is 1. The molecule has 30 heavy (non-hydrogen) atoms. The molecule has 1 heterocycles. The molecular weight excluding hydrogens is 430 g/mol. The van der Waals surface area contributed by atoms with Crippen molar-refractivity contribution in [1.29, 1.82) is 5.26 Å². The highest BCUT2D eigenvalue weighted by atomic mass is 32.5. The van der Waals surface area contributed by atoms with Crippen LogP contribution in [0.3, 0.4) is 0 Å². The Bertz CT molecular complexity index is 835. The van der Waals surface area contributed by atoms with E-state index in [4.69, 9.17) is 10.00 Å². The van der Waals surface area contributed by atoms with Gasteiger partial charge >= 0.3 is 16.2 Å². The summed E-state index contributed by atoms with van der Waals surface area (Å²) in [7, 11) is -8.72. The molecule has 0 bridgehead atoms. The first kappa shape index (κ1) is 25.8. The van der Waals surface area contributed by atoms with E-state index in [1.165, 1.54) is 0 Å². The summed E-state index contributed by atoms with van der Waals surface area (Å²) in [6, 6.07) is 0.389. The number of hydrogen-bond donors (Lipinski definition) is 1. The monoisotopic (exact) mass is 454 g/mol. The Morgan fingerprint density at radius 1 is 1.20 bits per heavy atom. The van der Waals surface area contributed by atoms with E-state index in [1.54, 1.807) is 6.92 Å². The number of carbonyl (C=O) groups is 2. The molecule has 1 aromatic rings. The van der Waals surface area contributed by atoms with Gasteiger partial charge in [-0.2, -0.15) is 0 Å². The summed E-state index contributed by atoms with van der Waals surface area (Å²) >= 11 is 0. The molecule has 1 atom stereocenters. The van der Waals surface area contributed by atoms with Crippen LogP contribution in [0.4, 0.5) is 19.4 Å². The first-order valence-corrected chi connectivity index (χ1v) is 11.2. The molecule has 5 nitrogen and oxygen atoms in total. The van der Waals surface area contributed by atoms with Gasteiger partial charge in [-0.05, 0) is 36.1 Å². The topological polar surface area (TPSA) is 79.2 Å².